The number of amides is 1. The number of rotatable bonds is 10. The van der Waals surface area contributed by atoms with E-state index in [-0.39, 0.29) is 40.9 Å². The number of hydrogen-bond acceptors (Lipinski definition) is 6. The summed E-state index contributed by atoms with van der Waals surface area (Å²) in [6.45, 7) is 6.12. The molecule has 0 bridgehead atoms. The summed E-state index contributed by atoms with van der Waals surface area (Å²) in [5, 5.41) is 2.85. The fourth-order valence-corrected chi connectivity index (χ4v) is 2.54. The molecule has 154 valence electrons. The number of nitrogens with zero attached hydrogens (tertiary/aromatic N) is 1. The normalized spacial score (nSPS) is 12.3. The molecule has 0 unspecified atom stereocenters. The SMILES string of the molecule is C=COCCONC(=O)C(/C=c1/ocnc1=C)=C(/CF)Nc1ccc(I)cc1F. The third kappa shape index (κ3) is 6.68. The van der Waals surface area contributed by atoms with E-state index in [4.69, 9.17) is 14.0 Å². The quantitative estimate of drug-likeness (QED) is 0.165. The smallest absolute Gasteiger partial charge is 0.276 e. The maximum atomic E-state index is 14.2. The molecule has 2 aromatic rings. The van der Waals surface area contributed by atoms with Crippen molar-refractivity contribution in [3.8, 4) is 0 Å². The van der Waals surface area contributed by atoms with E-state index in [1.165, 1.54) is 24.5 Å². The number of oxazole rings is 1. The van der Waals surface area contributed by atoms with Crippen LogP contribution in [0.4, 0.5) is 14.5 Å². The molecule has 10 heteroatoms. The van der Waals surface area contributed by atoms with Crippen molar-refractivity contribution in [1.29, 1.82) is 0 Å². The lowest BCUT2D eigenvalue weighted by Crippen LogP contribution is -2.30. The monoisotopic (exact) mass is 517 g/mol. The van der Waals surface area contributed by atoms with E-state index >= 15 is 0 Å². The number of allylic oxidation sites excluding steroid dienone is 1. The summed E-state index contributed by atoms with van der Waals surface area (Å²) in [6.07, 6.45) is 3.60. The second-order valence-electron chi connectivity index (χ2n) is 5.40. The van der Waals surface area contributed by atoms with Crippen LogP contribution in [0.2, 0.25) is 0 Å². The van der Waals surface area contributed by atoms with Crippen molar-refractivity contribution in [1.82, 2.24) is 10.5 Å². The van der Waals surface area contributed by atoms with E-state index in [2.05, 4.69) is 28.9 Å². The summed E-state index contributed by atoms with van der Waals surface area (Å²) in [5.41, 5.74) is 1.93. The molecule has 1 heterocycles. The van der Waals surface area contributed by atoms with Crippen LogP contribution in [-0.2, 0) is 14.4 Å². The van der Waals surface area contributed by atoms with E-state index in [0.29, 0.717) is 3.57 Å². The van der Waals surface area contributed by atoms with Gasteiger partial charge in [-0.1, -0.05) is 13.2 Å². The van der Waals surface area contributed by atoms with Crippen LogP contribution < -0.4 is 21.6 Å². The van der Waals surface area contributed by atoms with Gasteiger partial charge in [-0.2, -0.15) is 0 Å². The maximum absolute atomic E-state index is 14.2. The summed E-state index contributed by atoms with van der Waals surface area (Å²) < 4.78 is 38.7. The number of carbonyl (C=O) groups is 1. The summed E-state index contributed by atoms with van der Waals surface area (Å²) in [7, 11) is 0. The molecule has 0 fully saturated rings. The van der Waals surface area contributed by atoms with Gasteiger partial charge in [-0.05, 0) is 46.9 Å². The first-order valence-corrected chi connectivity index (χ1v) is 9.30. The number of alkyl halides is 1. The second-order valence-corrected chi connectivity index (χ2v) is 6.65. The van der Waals surface area contributed by atoms with Gasteiger partial charge in [-0.3, -0.25) is 9.63 Å². The highest BCUT2D eigenvalue weighted by molar-refractivity contribution is 14.1. The first-order valence-electron chi connectivity index (χ1n) is 8.22. The summed E-state index contributed by atoms with van der Waals surface area (Å²) in [6, 6.07) is 4.35. The first kappa shape index (κ1) is 22.6. The number of halogens is 3. The van der Waals surface area contributed by atoms with Gasteiger partial charge >= 0.3 is 0 Å². The Morgan fingerprint density at radius 2 is 2.17 bits per heavy atom. The molecular weight excluding hydrogens is 499 g/mol. The number of aromatic nitrogens is 1. The highest BCUT2D eigenvalue weighted by Crippen LogP contribution is 2.20. The van der Waals surface area contributed by atoms with Gasteiger partial charge in [-0.15, -0.1) is 0 Å². The highest BCUT2D eigenvalue weighted by atomic mass is 127. The molecule has 0 aliphatic rings. The molecule has 1 amide bonds. The lowest BCUT2D eigenvalue weighted by molar-refractivity contribution is -0.129. The van der Waals surface area contributed by atoms with Crippen molar-refractivity contribution < 1.29 is 27.6 Å². The van der Waals surface area contributed by atoms with Gasteiger partial charge in [0.2, 0.25) is 0 Å². The maximum Gasteiger partial charge on any atom is 0.276 e. The standard InChI is InChI=1S/C19H18F2IN3O4/c1-3-27-6-7-29-25-19(26)14(9-18-12(2)23-11-28-18)17(10-20)24-16-5-4-13(22)8-15(16)21/h3-5,8-9,11,24H,1-2,6-7,10H2,(H,25,26)/b17-14-,18-9+. The molecule has 0 aliphatic heterocycles. The number of anilines is 1. The minimum Gasteiger partial charge on any atom is -0.499 e. The van der Waals surface area contributed by atoms with E-state index in [1.807, 2.05) is 22.6 Å². The highest BCUT2D eigenvalue weighted by Gasteiger charge is 2.16. The molecule has 0 radical (unpaired) electrons. The van der Waals surface area contributed by atoms with Crippen LogP contribution in [-0.4, -0.2) is 30.8 Å². The number of ether oxygens (including phenoxy) is 1. The van der Waals surface area contributed by atoms with Gasteiger partial charge in [0.1, 0.15) is 31.1 Å². The molecule has 2 N–H and O–H groups in total. The molecule has 0 atom stereocenters. The zero-order chi connectivity index (χ0) is 21.2. The topological polar surface area (TPSA) is 85.6 Å². The molecule has 0 saturated carbocycles. The van der Waals surface area contributed by atoms with Crippen LogP contribution in [0.3, 0.4) is 0 Å². The molecule has 7 nitrogen and oxygen atoms in total. The molecular formula is C19H18F2IN3O4. The molecule has 29 heavy (non-hydrogen) atoms. The van der Waals surface area contributed by atoms with Gasteiger partial charge in [0, 0.05) is 3.57 Å². The first-order chi connectivity index (χ1) is 14.0. The zero-order valence-electron chi connectivity index (χ0n) is 15.2. The van der Waals surface area contributed by atoms with Crippen molar-refractivity contribution >= 4 is 46.8 Å². The van der Waals surface area contributed by atoms with Crippen molar-refractivity contribution in [2.45, 2.75) is 0 Å². The van der Waals surface area contributed by atoms with Gasteiger partial charge < -0.3 is 14.5 Å². The van der Waals surface area contributed by atoms with Gasteiger partial charge in [0.15, 0.2) is 11.8 Å². The second kappa shape index (κ2) is 11.3. The van der Waals surface area contributed by atoms with E-state index < -0.39 is 18.4 Å². The van der Waals surface area contributed by atoms with Crippen molar-refractivity contribution in [2.75, 3.05) is 25.2 Å². The Labute approximate surface area is 178 Å². The molecule has 0 saturated heterocycles. The minimum absolute atomic E-state index is 0.00415. The molecule has 1 aromatic heterocycles. The average molecular weight is 517 g/mol. The van der Waals surface area contributed by atoms with Crippen LogP contribution in [0.1, 0.15) is 0 Å². The summed E-state index contributed by atoms with van der Waals surface area (Å²) in [4.78, 5) is 21.4. The van der Waals surface area contributed by atoms with Crippen molar-refractivity contribution in [3.63, 3.8) is 0 Å². The number of carbonyl (C=O) groups excluding carboxylic acids is 1. The Morgan fingerprint density at radius 3 is 2.79 bits per heavy atom. The van der Waals surface area contributed by atoms with Crippen LogP contribution in [0.15, 0.2) is 53.1 Å². The van der Waals surface area contributed by atoms with Gasteiger partial charge in [-0.25, -0.2) is 19.2 Å². The Hall–Kier alpha value is -2.73. The van der Waals surface area contributed by atoms with Gasteiger partial charge in [0.05, 0.1) is 23.2 Å². The third-order valence-corrected chi connectivity index (χ3v) is 4.13. The Morgan fingerprint density at radius 1 is 1.38 bits per heavy atom. The number of hydroxylamine groups is 1. The predicted molar refractivity (Wildman–Crippen MR) is 112 cm³/mol. The van der Waals surface area contributed by atoms with Crippen LogP contribution >= 0.6 is 22.6 Å². The minimum atomic E-state index is -1.09. The van der Waals surface area contributed by atoms with Crippen molar-refractivity contribution in [3.05, 3.63) is 68.9 Å². The zero-order valence-corrected chi connectivity index (χ0v) is 17.4. The lowest BCUT2D eigenvalue weighted by Gasteiger charge is -2.13. The van der Waals surface area contributed by atoms with Gasteiger partial charge in [0.25, 0.3) is 5.91 Å². The largest absolute Gasteiger partial charge is 0.499 e. The third-order valence-electron chi connectivity index (χ3n) is 3.45. The van der Waals surface area contributed by atoms with Crippen LogP contribution in [0, 0.1) is 9.39 Å². The average Bonchev–Trinajstić information content (AvgIpc) is 3.10. The van der Waals surface area contributed by atoms with E-state index in [0.717, 1.165) is 6.39 Å². The summed E-state index contributed by atoms with van der Waals surface area (Å²) in [5.74, 6) is -1.39. The lowest BCUT2D eigenvalue weighted by atomic mass is 10.1. The van der Waals surface area contributed by atoms with E-state index in [9.17, 15) is 13.6 Å². The molecule has 0 aliphatic carbocycles. The fraction of sp³-hybridized carbons (Fsp3) is 0.158. The predicted octanol–water partition coefficient (Wildman–Crippen LogP) is 2.15. The molecule has 0 spiro atoms. The number of nitrogens with one attached hydrogen (secondary N) is 2. The van der Waals surface area contributed by atoms with Crippen LogP contribution in [0.5, 0.6) is 0 Å². The van der Waals surface area contributed by atoms with E-state index in [1.54, 1.807) is 6.07 Å². The Kier molecular flexibility index (Phi) is 8.80. The van der Waals surface area contributed by atoms with Crippen LogP contribution in [0.25, 0.3) is 12.7 Å². The fourth-order valence-electron chi connectivity index (χ4n) is 2.09. The number of benzene rings is 1. The summed E-state index contributed by atoms with van der Waals surface area (Å²) >= 11 is 1.95. The Bertz CT molecular complexity index is 1010. The molecule has 1 aromatic carbocycles. The Balaban J connectivity index is 2.37. The number of hydrogen-bond donors (Lipinski definition) is 2. The van der Waals surface area contributed by atoms with Crippen molar-refractivity contribution in [2.24, 2.45) is 0 Å². The molecule has 2 rings (SSSR count).